The number of aromatic amines is 1. The SMILES string of the molecule is Cc1nc2ncc(-c3ccc(S(C)(=O)=O)cc3)cc2[nH]1. The Morgan fingerprint density at radius 2 is 1.80 bits per heavy atom. The van der Waals surface area contributed by atoms with Crippen molar-refractivity contribution in [1.82, 2.24) is 15.0 Å². The number of hydrogen-bond acceptors (Lipinski definition) is 4. The van der Waals surface area contributed by atoms with Crippen LogP contribution in [0.2, 0.25) is 0 Å². The molecule has 2 aromatic heterocycles. The molecule has 102 valence electrons. The molecule has 1 N–H and O–H groups in total. The van der Waals surface area contributed by atoms with Crippen LogP contribution in [0.1, 0.15) is 5.82 Å². The number of H-pyrrole nitrogens is 1. The van der Waals surface area contributed by atoms with E-state index in [0.717, 1.165) is 22.5 Å². The molecule has 0 spiro atoms. The average Bonchev–Trinajstić information content (AvgIpc) is 2.77. The Balaban J connectivity index is 2.06. The van der Waals surface area contributed by atoms with Gasteiger partial charge in [0.25, 0.3) is 0 Å². The molecule has 0 aliphatic rings. The Bertz CT molecular complexity index is 880. The molecule has 3 rings (SSSR count). The maximum Gasteiger partial charge on any atom is 0.177 e. The van der Waals surface area contributed by atoms with Crippen molar-refractivity contribution in [2.75, 3.05) is 6.26 Å². The van der Waals surface area contributed by atoms with Gasteiger partial charge in [-0.05, 0) is 30.7 Å². The Kier molecular flexibility index (Phi) is 2.83. The van der Waals surface area contributed by atoms with Crippen LogP contribution < -0.4 is 0 Å². The van der Waals surface area contributed by atoms with E-state index in [2.05, 4.69) is 15.0 Å². The van der Waals surface area contributed by atoms with Gasteiger partial charge in [0.1, 0.15) is 5.82 Å². The number of benzene rings is 1. The molecule has 0 saturated heterocycles. The van der Waals surface area contributed by atoms with E-state index in [1.807, 2.05) is 13.0 Å². The molecule has 0 aliphatic carbocycles. The number of sulfone groups is 1. The molecule has 1 aromatic carbocycles. The summed E-state index contributed by atoms with van der Waals surface area (Å²) < 4.78 is 22.9. The van der Waals surface area contributed by atoms with Gasteiger partial charge in [-0.2, -0.15) is 0 Å². The van der Waals surface area contributed by atoms with E-state index in [1.165, 1.54) is 6.26 Å². The summed E-state index contributed by atoms with van der Waals surface area (Å²) in [5.41, 5.74) is 3.38. The number of fused-ring (bicyclic) bond motifs is 1. The molecular weight excluding hydrogens is 274 g/mol. The highest BCUT2D eigenvalue weighted by molar-refractivity contribution is 7.90. The summed E-state index contributed by atoms with van der Waals surface area (Å²) in [7, 11) is -3.16. The van der Waals surface area contributed by atoms with Crippen LogP contribution in [0, 0.1) is 6.92 Å². The highest BCUT2D eigenvalue weighted by Gasteiger charge is 2.08. The fourth-order valence-corrected chi connectivity index (χ4v) is 2.70. The summed E-state index contributed by atoms with van der Waals surface area (Å²) in [6.07, 6.45) is 2.93. The lowest BCUT2D eigenvalue weighted by atomic mass is 10.1. The summed E-state index contributed by atoms with van der Waals surface area (Å²) in [5, 5.41) is 0. The Hall–Kier alpha value is -2.21. The molecule has 3 aromatic rings. The van der Waals surface area contributed by atoms with Crippen LogP contribution in [-0.2, 0) is 9.84 Å². The number of hydrogen-bond donors (Lipinski definition) is 1. The largest absolute Gasteiger partial charge is 0.341 e. The van der Waals surface area contributed by atoms with Crippen LogP contribution in [0.15, 0.2) is 41.4 Å². The monoisotopic (exact) mass is 287 g/mol. The van der Waals surface area contributed by atoms with Gasteiger partial charge in [-0.1, -0.05) is 12.1 Å². The van der Waals surface area contributed by atoms with Crippen molar-refractivity contribution in [3.8, 4) is 11.1 Å². The van der Waals surface area contributed by atoms with Gasteiger partial charge >= 0.3 is 0 Å². The lowest BCUT2D eigenvalue weighted by Gasteiger charge is -2.03. The topological polar surface area (TPSA) is 75.7 Å². The molecule has 0 aliphatic heterocycles. The summed E-state index contributed by atoms with van der Waals surface area (Å²) in [6, 6.07) is 8.73. The second-order valence-electron chi connectivity index (χ2n) is 4.71. The van der Waals surface area contributed by atoms with Gasteiger partial charge in [-0.25, -0.2) is 18.4 Å². The van der Waals surface area contributed by atoms with Crippen LogP contribution in [-0.4, -0.2) is 29.6 Å². The van der Waals surface area contributed by atoms with E-state index < -0.39 is 9.84 Å². The van der Waals surface area contributed by atoms with E-state index >= 15 is 0 Å². The third-order valence-corrected chi connectivity index (χ3v) is 4.20. The predicted octanol–water partition coefficient (Wildman–Crippen LogP) is 2.34. The minimum atomic E-state index is -3.16. The van der Waals surface area contributed by atoms with Crippen LogP contribution in [0.4, 0.5) is 0 Å². The van der Waals surface area contributed by atoms with Crippen molar-refractivity contribution in [3.63, 3.8) is 0 Å². The van der Waals surface area contributed by atoms with Crippen molar-refractivity contribution in [1.29, 1.82) is 0 Å². The van der Waals surface area contributed by atoms with E-state index in [1.54, 1.807) is 30.5 Å². The summed E-state index contributed by atoms with van der Waals surface area (Å²) in [6.45, 7) is 1.88. The number of imidazole rings is 1. The Labute approximate surface area is 116 Å². The second kappa shape index (κ2) is 4.42. The quantitative estimate of drug-likeness (QED) is 0.785. The van der Waals surface area contributed by atoms with Gasteiger partial charge in [-0.15, -0.1) is 0 Å². The van der Waals surface area contributed by atoms with Crippen LogP contribution in [0.5, 0.6) is 0 Å². The highest BCUT2D eigenvalue weighted by Crippen LogP contribution is 2.23. The Morgan fingerprint density at radius 1 is 1.10 bits per heavy atom. The summed E-state index contributed by atoms with van der Waals surface area (Å²) in [5.74, 6) is 0.817. The molecule has 6 heteroatoms. The molecular formula is C14H13N3O2S. The summed E-state index contributed by atoms with van der Waals surface area (Å²) in [4.78, 5) is 12.0. The van der Waals surface area contributed by atoms with Crippen LogP contribution >= 0.6 is 0 Å². The van der Waals surface area contributed by atoms with Gasteiger partial charge < -0.3 is 4.98 Å². The maximum absolute atomic E-state index is 11.4. The van der Waals surface area contributed by atoms with Gasteiger partial charge in [0.15, 0.2) is 15.5 Å². The molecule has 0 radical (unpaired) electrons. The van der Waals surface area contributed by atoms with E-state index in [-0.39, 0.29) is 0 Å². The Morgan fingerprint density at radius 3 is 2.45 bits per heavy atom. The molecule has 0 saturated carbocycles. The van der Waals surface area contributed by atoms with Crippen molar-refractivity contribution in [2.45, 2.75) is 11.8 Å². The molecule has 0 fully saturated rings. The zero-order valence-electron chi connectivity index (χ0n) is 11.1. The van der Waals surface area contributed by atoms with E-state index in [4.69, 9.17) is 0 Å². The molecule has 0 atom stereocenters. The van der Waals surface area contributed by atoms with Gasteiger partial charge in [-0.3, -0.25) is 0 Å². The van der Waals surface area contributed by atoms with Crippen molar-refractivity contribution in [2.24, 2.45) is 0 Å². The average molecular weight is 287 g/mol. The zero-order chi connectivity index (χ0) is 14.3. The maximum atomic E-state index is 11.4. The number of aryl methyl sites for hydroxylation is 1. The van der Waals surface area contributed by atoms with Crippen LogP contribution in [0.3, 0.4) is 0 Å². The summed E-state index contributed by atoms with van der Waals surface area (Å²) >= 11 is 0. The first-order valence-corrected chi connectivity index (χ1v) is 7.95. The molecule has 0 bridgehead atoms. The van der Waals surface area contributed by atoms with Crippen molar-refractivity contribution < 1.29 is 8.42 Å². The highest BCUT2D eigenvalue weighted by atomic mass is 32.2. The van der Waals surface area contributed by atoms with Crippen LogP contribution in [0.25, 0.3) is 22.3 Å². The number of rotatable bonds is 2. The number of pyridine rings is 1. The first-order valence-electron chi connectivity index (χ1n) is 6.06. The normalized spacial score (nSPS) is 11.9. The lowest BCUT2D eigenvalue weighted by Crippen LogP contribution is -1.96. The smallest absolute Gasteiger partial charge is 0.177 e. The number of nitrogens with one attached hydrogen (secondary N) is 1. The van der Waals surface area contributed by atoms with Gasteiger partial charge in [0.05, 0.1) is 10.4 Å². The first-order chi connectivity index (χ1) is 9.43. The number of aromatic nitrogens is 3. The predicted molar refractivity (Wildman–Crippen MR) is 77.2 cm³/mol. The number of nitrogens with zero attached hydrogens (tertiary/aromatic N) is 2. The second-order valence-corrected chi connectivity index (χ2v) is 6.73. The minimum Gasteiger partial charge on any atom is -0.341 e. The van der Waals surface area contributed by atoms with E-state index in [0.29, 0.717) is 10.5 Å². The fourth-order valence-electron chi connectivity index (χ4n) is 2.07. The van der Waals surface area contributed by atoms with Gasteiger partial charge in [0, 0.05) is 18.0 Å². The third kappa shape index (κ3) is 2.30. The fraction of sp³-hybridized carbons (Fsp3) is 0.143. The molecule has 2 heterocycles. The standard InChI is InChI=1S/C14H13N3O2S/c1-9-16-13-7-11(8-15-14(13)17-9)10-3-5-12(6-4-10)20(2,18)19/h3-8H,1-2H3,(H,15,16,17). The van der Waals surface area contributed by atoms with Gasteiger partial charge in [0.2, 0.25) is 0 Å². The molecule has 0 unspecified atom stereocenters. The van der Waals surface area contributed by atoms with E-state index in [9.17, 15) is 8.42 Å². The zero-order valence-corrected chi connectivity index (χ0v) is 11.9. The first kappa shape index (κ1) is 12.8. The lowest BCUT2D eigenvalue weighted by molar-refractivity contribution is 0.602. The molecule has 0 amide bonds. The minimum absolute atomic E-state index is 0.313. The van der Waals surface area contributed by atoms with Crippen molar-refractivity contribution >= 4 is 21.0 Å². The molecule has 20 heavy (non-hydrogen) atoms. The molecule has 5 nitrogen and oxygen atoms in total. The third-order valence-electron chi connectivity index (χ3n) is 3.07. The van der Waals surface area contributed by atoms with Crippen molar-refractivity contribution in [3.05, 3.63) is 42.4 Å².